The summed E-state index contributed by atoms with van der Waals surface area (Å²) in [5, 5.41) is 3.16. The van der Waals surface area contributed by atoms with Gasteiger partial charge in [-0.1, -0.05) is 58.0 Å². The van der Waals surface area contributed by atoms with Crippen molar-refractivity contribution in [1.82, 2.24) is 9.62 Å². The van der Waals surface area contributed by atoms with Crippen LogP contribution in [0.4, 0.5) is 0 Å². The minimum atomic E-state index is -3.33. The minimum absolute atomic E-state index is 0.00316. The van der Waals surface area contributed by atoms with E-state index in [1.165, 1.54) is 4.31 Å². The first-order valence-electron chi connectivity index (χ1n) is 10.5. The quantitative estimate of drug-likeness (QED) is 0.680. The van der Waals surface area contributed by atoms with Crippen LogP contribution < -0.4 is 5.32 Å². The molecule has 0 saturated carbocycles. The molecule has 1 amide bonds. The number of piperidine rings is 1. The van der Waals surface area contributed by atoms with E-state index in [2.05, 4.69) is 33.0 Å². The summed E-state index contributed by atoms with van der Waals surface area (Å²) in [4.78, 5) is 12.8. The fourth-order valence-corrected chi connectivity index (χ4v) is 5.61. The van der Waals surface area contributed by atoms with Crippen molar-refractivity contribution in [2.45, 2.75) is 59.4 Å². The van der Waals surface area contributed by atoms with Gasteiger partial charge >= 0.3 is 0 Å². The highest BCUT2D eigenvalue weighted by Gasteiger charge is 2.33. The maximum atomic E-state index is 12.8. The molecule has 1 fully saturated rings. The van der Waals surface area contributed by atoms with E-state index in [1.54, 1.807) is 0 Å². The van der Waals surface area contributed by atoms with E-state index in [9.17, 15) is 13.2 Å². The van der Waals surface area contributed by atoms with Gasteiger partial charge in [0, 0.05) is 19.1 Å². The van der Waals surface area contributed by atoms with E-state index in [-0.39, 0.29) is 23.6 Å². The zero-order valence-corrected chi connectivity index (χ0v) is 18.5. The highest BCUT2D eigenvalue weighted by molar-refractivity contribution is 7.89. The highest BCUT2D eigenvalue weighted by atomic mass is 32.2. The first-order valence-corrected chi connectivity index (χ1v) is 12.1. The molecular formula is C22H36N2O3S. The Morgan fingerprint density at radius 1 is 1.14 bits per heavy atom. The molecular weight excluding hydrogens is 372 g/mol. The summed E-state index contributed by atoms with van der Waals surface area (Å²) in [5.41, 5.74) is 1.15. The van der Waals surface area contributed by atoms with Gasteiger partial charge in [0.2, 0.25) is 15.9 Å². The Kier molecular flexibility index (Phi) is 8.50. The van der Waals surface area contributed by atoms with Crippen molar-refractivity contribution < 1.29 is 13.2 Å². The SMILES string of the molecule is CC(C)C(NC(=O)[C@H]1CCCN(S(=O)(=O)CCCc2ccccc2)C1)C(C)C. The molecule has 5 nitrogen and oxygen atoms in total. The van der Waals surface area contributed by atoms with Crippen molar-refractivity contribution in [3.8, 4) is 0 Å². The molecule has 1 atom stereocenters. The van der Waals surface area contributed by atoms with Gasteiger partial charge in [-0.2, -0.15) is 0 Å². The first kappa shape index (κ1) is 22.9. The summed E-state index contributed by atoms with van der Waals surface area (Å²) in [6.07, 6.45) is 2.85. The predicted octanol–water partition coefficient (Wildman–Crippen LogP) is 3.46. The molecule has 1 aliphatic heterocycles. The predicted molar refractivity (Wildman–Crippen MR) is 114 cm³/mol. The third-order valence-electron chi connectivity index (χ3n) is 5.60. The van der Waals surface area contributed by atoms with Gasteiger partial charge < -0.3 is 5.32 Å². The zero-order chi connectivity index (χ0) is 20.7. The Bertz CT molecular complexity index is 709. The lowest BCUT2D eigenvalue weighted by Crippen LogP contribution is -2.50. The molecule has 6 heteroatoms. The summed E-state index contributed by atoms with van der Waals surface area (Å²) in [5.74, 6) is 0.585. The maximum absolute atomic E-state index is 12.8. The van der Waals surface area contributed by atoms with Gasteiger partial charge in [-0.15, -0.1) is 0 Å². The van der Waals surface area contributed by atoms with Gasteiger partial charge in [-0.05, 0) is 43.1 Å². The summed E-state index contributed by atoms with van der Waals surface area (Å²) in [7, 11) is -3.33. The van der Waals surface area contributed by atoms with E-state index in [4.69, 9.17) is 0 Å². The zero-order valence-electron chi connectivity index (χ0n) is 17.7. The molecule has 2 rings (SSSR count). The van der Waals surface area contributed by atoms with Gasteiger partial charge in [-0.25, -0.2) is 12.7 Å². The molecule has 0 aromatic heterocycles. The van der Waals surface area contributed by atoms with E-state index in [1.807, 2.05) is 30.3 Å². The molecule has 1 aromatic rings. The molecule has 0 radical (unpaired) electrons. The minimum Gasteiger partial charge on any atom is -0.353 e. The van der Waals surface area contributed by atoms with E-state index in [0.29, 0.717) is 31.3 Å². The van der Waals surface area contributed by atoms with E-state index >= 15 is 0 Å². The molecule has 1 saturated heterocycles. The van der Waals surface area contributed by atoms with Crippen LogP contribution in [0.2, 0.25) is 0 Å². The fraction of sp³-hybridized carbons (Fsp3) is 0.682. The third kappa shape index (κ3) is 6.59. The third-order valence-corrected chi connectivity index (χ3v) is 7.53. The molecule has 1 N–H and O–H groups in total. The lowest BCUT2D eigenvalue weighted by Gasteiger charge is -2.33. The van der Waals surface area contributed by atoms with Crippen molar-refractivity contribution >= 4 is 15.9 Å². The van der Waals surface area contributed by atoms with Crippen LogP contribution in [0, 0.1) is 17.8 Å². The lowest BCUT2D eigenvalue weighted by molar-refractivity contribution is -0.127. The summed E-state index contributed by atoms with van der Waals surface area (Å²) in [6, 6.07) is 10.1. The van der Waals surface area contributed by atoms with Crippen molar-refractivity contribution in [2.24, 2.45) is 17.8 Å². The number of nitrogens with one attached hydrogen (secondary N) is 1. The number of sulfonamides is 1. The number of rotatable bonds is 9. The average Bonchev–Trinajstić information content (AvgIpc) is 2.66. The molecule has 1 aromatic carbocycles. The highest BCUT2D eigenvalue weighted by Crippen LogP contribution is 2.22. The average molecular weight is 409 g/mol. The second-order valence-corrected chi connectivity index (χ2v) is 10.7. The topological polar surface area (TPSA) is 66.5 Å². The van der Waals surface area contributed by atoms with Gasteiger partial charge in [0.1, 0.15) is 0 Å². The molecule has 0 spiro atoms. The molecule has 1 aliphatic rings. The summed E-state index contributed by atoms with van der Waals surface area (Å²) in [6.45, 7) is 9.26. The molecule has 158 valence electrons. The number of amides is 1. The van der Waals surface area contributed by atoms with Gasteiger partial charge in [0.05, 0.1) is 11.7 Å². The van der Waals surface area contributed by atoms with Gasteiger partial charge in [0.25, 0.3) is 0 Å². The van der Waals surface area contributed by atoms with Crippen LogP contribution in [0.15, 0.2) is 30.3 Å². The van der Waals surface area contributed by atoms with E-state index in [0.717, 1.165) is 24.8 Å². The Labute approximate surface area is 170 Å². The number of benzene rings is 1. The number of carbonyl (C=O) groups excluding carboxylic acids is 1. The van der Waals surface area contributed by atoms with Crippen LogP contribution in [-0.2, 0) is 21.2 Å². The Morgan fingerprint density at radius 2 is 1.79 bits per heavy atom. The van der Waals surface area contributed by atoms with Crippen molar-refractivity contribution in [3.63, 3.8) is 0 Å². The van der Waals surface area contributed by atoms with E-state index < -0.39 is 10.0 Å². The number of nitrogens with zero attached hydrogens (tertiary/aromatic N) is 1. The van der Waals surface area contributed by atoms with Gasteiger partial charge in [-0.3, -0.25) is 4.79 Å². The lowest BCUT2D eigenvalue weighted by atomic mass is 9.91. The second kappa shape index (κ2) is 10.4. The molecule has 1 heterocycles. The number of hydrogen-bond donors (Lipinski definition) is 1. The van der Waals surface area contributed by atoms with Crippen molar-refractivity contribution in [3.05, 3.63) is 35.9 Å². The number of hydrogen-bond acceptors (Lipinski definition) is 3. The standard InChI is InChI=1S/C22H36N2O3S/c1-17(2)21(18(3)4)23-22(25)20-13-8-14-24(16-20)28(26,27)15-9-12-19-10-6-5-7-11-19/h5-7,10-11,17-18,20-21H,8-9,12-16H2,1-4H3,(H,23,25)/t20-/m0/s1. The van der Waals surface area contributed by atoms with Crippen LogP contribution >= 0.6 is 0 Å². The van der Waals surface area contributed by atoms with Crippen LogP contribution in [0.1, 0.15) is 52.5 Å². The normalized spacial score (nSPS) is 18.8. The van der Waals surface area contributed by atoms with Crippen LogP contribution in [0.25, 0.3) is 0 Å². The van der Waals surface area contributed by atoms with Gasteiger partial charge in [0.15, 0.2) is 0 Å². The van der Waals surface area contributed by atoms with Crippen molar-refractivity contribution in [2.75, 3.05) is 18.8 Å². The van der Waals surface area contributed by atoms with Crippen LogP contribution in [-0.4, -0.2) is 43.5 Å². The van der Waals surface area contributed by atoms with Crippen LogP contribution in [0.3, 0.4) is 0 Å². The Balaban J connectivity index is 1.90. The summed E-state index contributed by atoms with van der Waals surface area (Å²) >= 11 is 0. The molecule has 28 heavy (non-hydrogen) atoms. The number of carbonyl (C=O) groups is 1. The number of aryl methyl sites for hydroxylation is 1. The van der Waals surface area contributed by atoms with Crippen molar-refractivity contribution in [1.29, 1.82) is 0 Å². The first-order chi connectivity index (χ1) is 13.2. The van der Waals surface area contributed by atoms with Crippen LogP contribution in [0.5, 0.6) is 0 Å². The largest absolute Gasteiger partial charge is 0.353 e. The Hall–Kier alpha value is -1.40. The Morgan fingerprint density at radius 3 is 2.39 bits per heavy atom. The maximum Gasteiger partial charge on any atom is 0.224 e. The molecule has 0 unspecified atom stereocenters. The molecule has 0 aliphatic carbocycles. The summed E-state index contributed by atoms with van der Waals surface area (Å²) < 4.78 is 27.1. The fourth-order valence-electron chi connectivity index (χ4n) is 4.03. The smallest absolute Gasteiger partial charge is 0.224 e. The molecule has 0 bridgehead atoms. The monoisotopic (exact) mass is 408 g/mol. The second-order valence-electron chi connectivity index (χ2n) is 8.62.